The minimum Gasteiger partial charge on any atom is -0.307 e. The van der Waals surface area contributed by atoms with Gasteiger partial charge in [0, 0.05) is 12.6 Å². The lowest BCUT2D eigenvalue weighted by molar-refractivity contribution is 0.605. The van der Waals surface area contributed by atoms with Crippen LogP contribution in [-0.4, -0.2) is 6.54 Å². The first-order valence-electron chi connectivity index (χ1n) is 5.32. The topological polar surface area (TPSA) is 12.0 Å². The molecule has 1 rings (SSSR count). The largest absolute Gasteiger partial charge is 0.307 e. The Hall–Kier alpha value is -0.860. The van der Waals surface area contributed by atoms with E-state index in [-0.39, 0.29) is 16.9 Å². The highest BCUT2D eigenvalue weighted by Gasteiger charge is 2.06. The molecule has 0 aliphatic carbocycles. The molecule has 1 N–H and O–H groups in total. The van der Waals surface area contributed by atoms with Crippen molar-refractivity contribution in [1.29, 1.82) is 0 Å². The van der Waals surface area contributed by atoms with Gasteiger partial charge in [0.2, 0.25) is 0 Å². The van der Waals surface area contributed by atoms with Crippen LogP contribution >= 0.6 is 11.6 Å². The van der Waals surface area contributed by atoms with Gasteiger partial charge in [0.15, 0.2) is 0 Å². The quantitative estimate of drug-likeness (QED) is 0.783. The third-order valence-corrected chi connectivity index (χ3v) is 2.67. The van der Waals surface area contributed by atoms with Crippen LogP contribution < -0.4 is 5.32 Å². The number of rotatable bonds is 4. The van der Waals surface area contributed by atoms with Gasteiger partial charge in [-0.05, 0) is 38.5 Å². The Bertz CT molecular complexity index is 384. The van der Waals surface area contributed by atoms with E-state index in [4.69, 9.17) is 11.6 Å². The van der Waals surface area contributed by atoms with Crippen LogP contribution in [0.3, 0.4) is 0 Å². The molecule has 1 aromatic rings. The second-order valence-electron chi connectivity index (χ2n) is 4.08. The van der Waals surface area contributed by atoms with Crippen LogP contribution in [0.1, 0.15) is 32.4 Å². The van der Waals surface area contributed by atoms with Crippen molar-refractivity contribution in [1.82, 2.24) is 5.32 Å². The van der Waals surface area contributed by atoms with Crippen molar-refractivity contribution < 1.29 is 4.39 Å². The summed E-state index contributed by atoms with van der Waals surface area (Å²) in [5, 5.41) is 3.49. The Morgan fingerprint density at radius 3 is 2.75 bits per heavy atom. The molecule has 1 nitrogen and oxygen atoms in total. The van der Waals surface area contributed by atoms with Crippen LogP contribution in [-0.2, 0) is 0 Å². The fourth-order valence-corrected chi connectivity index (χ4v) is 1.53. The Morgan fingerprint density at radius 2 is 2.19 bits per heavy atom. The van der Waals surface area contributed by atoms with E-state index >= 15 is 0 Å². The molecule has 0 bridgehead atoms. The van der Waals surface area contributed by atoms with Gasteiger partial charge < -0.3 is 5.32 Å². The Morgan fingerprint density at radius 1 is 1.50 bits per heavy atom. The summed E-state index contributed by atoms with van der Waals surface area (Å²) in [5.41, 5.74) is 2.27. The van der Waals surface area contributed by atoms with Gasteiger partial charge in [-0.25, -0.2) is 4.39 Å². The van der Waals surface area contributed by atoms with Crippen LogP contribution in [0.4, 0.5) is 4.39 Å². The van der Waals surface area contributed by atoms with E-state index in [9.17, 15) is 4.39 Å². The number of hydrogen-bond donors (Lipinski definition) is 1. The molecule has 0 fully saturated rings. The molecular weight excluding hydrogens is 225 g/mol. The molecule has 0 spiro atoms. The fraction of sp³-hybridized carbons (Fsp3) is 0.385. The van der Waals surface area contributed by atoms with Gasteiger partial charge >= 0.3 is 0 Å². The standard InChI is InChI=1S/C13H17ClFN/c1-9(2)6-7-16-10(3)11-4-5-13(15)12(14)8-11/h4-6,8,10,16H,7H2,1-3H3. The molecule has 3 heteroatoms. The van der Waals surface area contributed by atoms with Crippen LogP contribution in [0.15, 0.2) is 29.8 Å². The molecule has 0 radical (unpaired) electrons. The van der Waals surface area contributed by atoms with Gasteiger partial charge in [-0.15, -0.1) is 0 Å². The first-order chi connectivity index (χ1) is 7.50. The third-order valence-electron chi connectivity index (χ3n) is 2.38. The van der Waals surface area contributed by atoms with Crippen molar-refractivity contribution in [3.63, 3.8) is 0 Å². The van der Waals surface area contributed by atoms with Crippen molar-refractivity contribution >= 4 is 11.6 Å². The molecule has 0 aliphatic rings. The molecule has 0 amide bonds. The van der Waals surface area contributed by atoms with Crippen molar-refractivity contribution in [2.24, 2.45) is 0 Å². The second-order valence-corrected chi connectivity index (χ2v) is 4.49. The highest BCUT2D eigenvalue weighted by Crippen LogP contribution is 2.20. The van der Waals surface area contributed by atoms with E-state index < -0.39 is 0 Å². The van der Waals surface area contributed by atoms with E-state index in [1.165, 1.54) is 11.6 Å². The van der Waals surface area contributed by atoms with E-state index in [2.05, 4.69) is 25.2 Å². The Labute approximate surface area is 101 Å². The third kappa shape index (κ3) is 3.95. The Balaban J connectivity index is 2.62. The normalized spacial score (nSPS) is 12.3. The summed E-state index contributed by atoms with van der Waals surface area (Å²) in [6.45, 7) is 6.95. The lowest BCUT2D eigenvalue weighted by atomic mass is 10.1. The maximum atomic E-state index is 13.0. The van der Waals surface area contributed by atoms with E-state index in [1.54, 1.807) is 12.1 Å². The average Bonchev–Trinajstić information content (AvgIpc) is 2.21. The lowest BCUT2D eigenvalue weighted by Crippen LogP contribution is -2.18. The van der Waals surface area contributed by atoms with Crippen LogP contribution in [0.2, 0.25) is 5.02 Å². The molecule has 1 unspecified atom stereocenters. The maximum Gasteiger partial charge on any atom is 0.141 e. The molecule has 0 saturated carbocycles. The summed E-state index contributed by atoms with van der Waals surface area (Å²) in [4.78, 5) is 0. The summed E-state index contributed by atoms with van der Waals surface area (Å²) in [5.74, 6) is -0.373. The van der Waals surface area contributed by atoms with Gasteiger partial charge in [-0.1, -0.05) is 29.3 Å². The van der Waals surface area contributed by atoms with E-state index in [0.717, 1.165) is 12.1 Å². The first-order valence-corrected chi connectivity index (χ1v) is 5.70. The van der Waals surface area contributed by atoms with Gasteiger partial charge in [-0.2, -0.15) is 0 Å². The average molecular weight is 242 g/mol. The SMILES string of the molecule is CC(C)=CCNC(C)c1ccc(F)c(Cl)c1. The van der Waals surface area contributed by atoms with Crippen molar-refractivity contribution in [2.45, 2.75) is 26.8 Å². The zero-order valence-electron chi connectivity index (χ0n) is 9.85. The number of benzene rings is 1. The van der Waals surface area contributed by atoms with Crippen molar-refractivity contribution in [2.75, 3.05) is 6.54 Å². The number of nitrogens with one attached hydrogen (secondary N) is 1. The summed E-state index contributed by atoms with van der Waals surface area (Å²) < 4.78 is 13.0. The summed E-state index contributed by atoms with van der Waals surface area (Å²) in [7, 11) is 0. The monoisotopic (exact) mass is 241 g/mol. The molecule has 16 heavy (non-hydrogen) atoms. The van der Waals surface area contributed by atoms with Crippen LogP contribution in [0.5, 0.6) is 0 Å². The van der Waals surface area contributed by atoms with E-state index in [0.29, 0.717) is 0 Å². The van der Waals surface area contributed by atoms with E-state index in [1.807, 2.05) is 6.92 Å². The maximum absolute atomic E-state index is 13.0. The molecule has 1 atom stereocenters. The summed E-state index contributed by atoms with van der Waals surface area (Å²) in [6, 6.07) is 4.98. The van der Waals surface area contributed by atoms with Crippen LogP contribution in [0, 0.1) is 5.82 Å². The highest BCUT2D eigenvalue weighted by molar-refractivity contribution is 6.30. The molecule has 88 valence electrons. The van der Waals surface area contributed by atoms with Gasteiger partial charge in [0.1, 0.15) is 5.82 Å². The molecule has 0 heterocycles. The first kappa shape index (κ1) is 13.2. The van der Waals surface area contributed by atoms with Gasteiger partial charge in [-0.3, -0.25) is 0 Å². The number of hydrogen-bond acceptors (Lipinski definition) is 1. The smallest absolute Gasteiger partial charge is 0.141 e. The highest BCUT2D eigenvalue weighted by atomic mass is 35.5. The Kier molecular flexibility index (Phi) is 4.97. The minimum atomic E-state index is -0.373. The molecule has 0 aromatic heterocycles. The zero-order valence-corrected chi connectivity index (χ0v) is 10.6. The second kappa shape index (κ2) is 6.02. The van der Waals surface area contributed by atoms with Crippen LogP contribution in [0.25, 0.3) is 0 Å². The molecule has 1 aromatic carbocycles. The molecule has 0 aliphatic heterocycles. The number of halogens is 2. The van der Waals surface area contributed by atoms with Crippen molar-refractivity contribution in [3.8, 4) is 0 Å². The summed E-state index contributed by atoms with van der Waals surface area (Å²) in [6.07, 6.45) is 2.11. The zero-order chi connectivity index (χ0) is 12.1. The minimum absolute atomic E-state index is 0.161. The molecule has 0 saturated heterocycles. The van der Waals surface area contributed by atoms with Crippen molar-refractivity contribution in [3.05, 3.63) is 46.3 Å². The van der Waals surface area contributed by atoms with Gasteiger partial charge in [0.05, 0.1) is 5.02 Å². The fourth-order valence-electron chi connectivity index (χ4n) is 1.34. The molecular formula is C13H17ClFN. The lowest BCUT2D eigenvalue weighted by Gasteiger charge is -2.13. The summed E-state index contributed by atoms with van der Waals surface area (Å²) >= 11 is 5.73. The van der Waals surface area contributed by atoms with Gasteiger partial charge in [0.25, 0.3) is 0 Å². The predicted octanol–water partition coefficient (Wildman–Crippen LogP) is 4.10. The number of allylic oxidation sites excluding steroid dienone is 1. The predicted molar refractivity (Wildman–Crippen MR) is 67.3 cm³/mol.